The van der Waals surface area contributed by atoms with E-state index < -0.39 is 4.92 Å². The number of nitro benzene ring substituents is 1. The summed E-state index contributed by atoms with van der Waals surface area (Å²) in [6, 6.07) is 4.28. The van der Waals surface area contributed by atoms with Crippen LogP contribution in [0.4, 0.5) is 5.69 Å². The molecule has 19 heavy (non-hydrogen) atoms. The molecule has 1 atom stereocenters. The molecule has 0 radical (unpaired) electrons. The van der Waals surface area contributed by atoms with E-state index in [2.05, 4.69) is 13.8 Å². The Morgan fingerprint density at radius 1 is 1.37 bits per heavy atom. The molecule has 0 aromatic heterocycles. The maximum absolute atomic E-state index is 11.4. The topological polar surface area (TPSA) is 69.4 Å². The number of hydrogen-bond acceptors (Lipinski definition) is 4. The highest BCUT2D eigenvalue weighted by molar-refractivity contribution is 5.98. The minimum atomic E-state index is -0.557. The van der Waals surface area contributed by atoms with Gasteiger partial charge in [0, 0.05) is 6.07 Å². The van der Waals surface area contributed by atoms with Crippen molar-refractivity contribution >= 4 is 11.5 Å². The Balaban J connectivity index is 2.96. The molecule has 0 fully saturated rings. The lowest BCUT2D eigenvalue weighted by molar-refractivity contribution is -0.385. The van der Waals surface area contributed by atoms with Gasteiger partial charge in [-0.1, -0.05) is 13.8 Å². The van der Waals surface area contributed by atoms with Gasteiger partial charge in [0.05, 0.1) is 16.6 Å². The number of Topliss-reactive ketones (excluding diaryl/α,β-unsaturated/α-hetero) is 1. The summed E-state index contributed by atoms with van der Waals surface area (Å²) in [5.41, 5.74) is -0.101. The predicted octanol–water partition coefficient (Wildman–Crippen LogP) is 3.61. The van der Waals surface area contributed by atoms with Crippen molar-refractivity contribution in [2.24, 2.45) is 5.92 Å². The molecule has 0 N–H and O–H groups in total. The summed E-state index contributed by atoms with van der Waals surface area (Å²) < 4.78 is 5.68. The van der Waals surface area contributed by atoms with E-state index in [1.165, 1.54) is 25.1 Å². The number of rotatable bonds is 6. The summed E-state index contributed by atoms with van der Waals surface area (Å²) in [5, 5.41) is 10.8. The highest BCUT2D eigenvalue weighted by Gasteiger charge is 2.18. The van der Waals surface area contributed by atoms with Crippen LogP contribution in [0.15, 0.2) is 18.2 Å². The van der Waals surface area contributed by atoms with Crippen LogP contribution in [-0.2, 0) is 0 Å². The Bertz CT molecular complexity index is 482. The second-order valence-electron chi connectivity index (χ2n) is 5.05. The average Bonchev–Trinajstić information content (AvgIpc) is 2.27. The molecule has 104 valence electrons. The molecule has 0 aliphatic rings. The lowest BCUT2D eigenvalue weighted by atomic mass is 10.1. The number of carbonyl (C=O) groups excluding carboxylic acids is 1. The van der Waals surface area contributed by atoms with Crippen LogP contribution in [0.3, 0.4) is 0 Å². The summed E-state index contributed by atoms with van der Waals surface area (Å²) in [5.74, 6) is 0.651. The van der Waals surface area contributed by atoms with E-state index in [9.17, 15) is 14.9 Å². The van der Waals surface area contributed by atoms with Gasteiger partial charge in [-0.2, -0.15) is 0 Å². The largest absolute Gasteiger partial charge is 0.491 e. The number of nitro groups is 1. The first kappa shape index (κ1) is 15.1. The van der Waals surface area contributed by atoms with Gasteiger partial charge in [0.1, 0.15) is 5.75 Å². The van der Waals surface area contributed by atoms with Gasteiger partial charge < -0.3 is 4.74 Å². The van der Waals surface area contributed by atoms with Gasteiger partial charge in [0.25, 0.3) is 5.69 Å². The van der Waals surface area contributed by atoms with Crippen molar-refractivity contribution in [3.05, 3.63) is 33.9 Å². The number of hydrogen-bond donors (Lipinski definition) is 0. The van der Waals surface area contributed by atoms with Crippen LogP contribution in [0.25, 0.3) is 0 Å². The quantitative estimate of drug-likeness (QED) is 0.447. The lowest BCUT2D eigenvalue weighted by Gasteiger charge is -2.16. The third kappa shape index (κ3) is 4.35. The van der Waals surface area contributed by atoms with Gasteiger partial charge in [-0.3, -0.25) is 14.9 Å². The third-order valence-corrected chi connectivity index (χ3v) is 2.68. The average molecular weight is 265 g/mol. The van der Waals surface area contributed by atoms with Crippen molar-refractivity contribution in [2.45, 2.75) is 40.2 Å². The van der Waals surface area contributed by atoms with E-state index in [-0.39, 0.29) is 23.1 Å². The molecule has 0 saturated carbocycles. The van der Waals surface area contributed by atoms with Crippen molar-refractivity contribution in [2.75, 3.05) is 0 Å². The number of ether oxygens (including phenoxy) is 1. The highest BCUT2D eigenvalue weighted by Crippen LogP contribution is 2.25. The van der Waals surface area contributed by atoms with Crippen LogP contribution >= 0.6 is 0 Å². The summed E-state index contributed by atoms with van der Waals surface area (Å²) in [4.78, 5) is 21.7. The molecular formula is C14H19NO4. The lowest BCUT2D eigenvalue weighted by Crippen LogP contribution is -2.14. The molecule has 1 unspecified atom stereocenters. The zero-order chi connectivity index (χ0) is 14.6. The van der Waals surface area contributed by atoms with Crippen molar-refractivity contribution in [1.82, 2.24) is 0 Å². The molecule has 0 amide bonds. The van der Waals surface area contributed by atoms with Gasteiger partial charge in [0.2, 0.25) is 0 Å². The van der Waals surface area contributed by atoms with Crippen LogP contribution < -0.4 is 4.74 Å². The molecule has 0 heterocycles. The monoisotopic (exact) mass is 265 g/mol. The number of ketones is 1. The second-order valence-corrected chi connectivity index (χ2v) is 5.05. The molecule has 5 heteroatoms. The Hall–Kier alpha value is -1.91. The highest BCUT2D eigenvalue weighted by atomic mass is 16.6. The first-order valence-corrected chi connectivity index (χ1v) is 6.27. The third-order valence-electron chi connectivity index (χ3n) is 2.68. The molecule has 0 aliphatic heterocycles. The van der Waals surface area contributed by atoms with Gasteiger partial charge in [-0.25, -0.2) is 0 Å². The minimum Gasteiger partial charge on any atom is -0.491 e. The van der Waals surface area contributed by atoms with E-state index in [0.29, 0.717) is 11.7 Å². The fourth-order valence-electron chi connectivity index (χ4n) is 1.97. The normalized spacial score (nSPS) is 12.3. The van der Waals surface area contributed by atoms with Crippen LogP contribution in [0.5, 0.6) is 5.75 Å². The van der Waals surface area contributed by atoms with Gasteiger partial charge in [0.15, 0.2) is 5.78 Å². The zero-order valence-corrected chi connectivity index (χ0v) is 11.7. The van der Waals surface area contributed by atoms with Crippen molar-refractivity contribution < 1.29 is 14.5 Å². The summed E-state index contributed by atoms with van der Waals surface area (Å²) in [6.45, 7) is 7.44. The molecule has 1 aromatic rings. The predicted molar refractivity (Wildman–Crippen MR) is 72.6 cm³/mol. The van der Waals surface area contributed by atoms with Crippen LogP contribution in [0.2, 0.25) is 0 Å². The maximum atomic E-state index is 11.4. The summed E-state index contributed by atoms with van der Waals surface area (Å²) in [6.07, 6.45) is 0.883. The fourth-order valence-corrected chi connectivity index (χ4v) is 1.97. The van der Waals surface area contributed by atoms with Crippen LogP contribution in [0.1, 0.15) is 44.5 Å². The van der Waals surface area contributed by atoms with Crippen molar-refractivity contribution in [3.8, 4) is 5.75 Å². The molecule has 0 bridgehead atoms. The van der Waals surface area contributed by atoms with Gasteiger partial charge in [-0.05, 0) is 38.3 Å². The Morgan fingerprint density at radius 3 is 2.47 bits per heavy atom. The Labute approximate surface area is 112 Å². The van der Waals surface area contributed by atoms with Gasteiger partial charge >= 0.3 is 0 Å². The minimum absolute atomic E-state index is 0.00117. The molecule has 1 aromatic carbocycles. The first-order valence-electron chi connectivity index (χ1n) is 6.27. The molecule has 5 nitrogen and oxygen atoms in total. The zero-order valence-electron chi connectivity index (χ0n) is 11.7. The van der Waals surface area contributed by atoms with E-state index in [0.717, 1.165) is 6.42 Å². The Kier molecular flexibility index (Phi) is 5.03. The fraction of sp³-hybridized carbons (Fsp3) is 0.500. The molecule has 0 spiro atoms. The smallest absolute Gasteiger partial charge is 0.280 e. The number of carbonyl (C=O) groups is 1. The van der Waals surface area contributed by atoms with E-state index in [1.807, 2.05) is 6.92 Å². The van der Waals surface area contributed by atoms with Crippen LogP contribution in [-0.4, -0.2) is 16.8 Å². The van der Waals surface area contributed by atoms with E-state index in [1.54, 1.807) is 0 Å². The van der Waals surface area contributed by atoms with Crippen LogP contribution in [0, 0.1) is 16.0 Å². The molecule has 0 saturated heterocycles. The van der Waals surface area contributed by atoms with Gasteiger partial charge in [-0.15, -0.1) is 0 Å². The number of nitrogens with zero attached hydrogens (tertiary/aromatic N) is 1. The Morgan fingerprint density at radius 2 is 2.00 bits per heavy atom. The molecular weight excluding hydrogens is 246 g/mol. The maximum Gasteiger partial charge on any atom is 0.280 e. The van der Waals surface area contributed by atoms with E-state index in [4.69, 9.17) is 4.74 Å². The van der Waals surface area contributed by atoms with Crippen molar-refractivity contribution in [1.29, 1.82) is 0 Å². The molecule has 1 rings (SSSR count). The summed E-state index contributed by atoms with van der Waals surface area (Å²) >= 11 is 0. The standard InChI is InChI=1S/C14H19NO4/c1-9(2)7-10(3)19-12-5-6-14(15(17)18)13(8-12)11(4)16/h5-6,8-10H,7H2,1-4H3. The van der Waals surface area contributed by atoms with E-state index >= 15 is 0 Å². The first-order chi connectivity index (χ1) is 8.81. The van der Waals surface area contributed by atoms with Crippen molar-refractivity contribution in [3.63, 3.8) is 0 Å². The summed E-state index contributed by atoms with van der Waals surface area (Å²) in [7, 11) is 0. The molecule has 0 aliphatic carbocycles. The second kappa shape index (κ2) is 6.31. The SMILES string of the molecule is CC(=O)c1cc(OC(C)CC(C)C)ccc1[N+](=O)[O-]. The number of benzene rings is 1.